The van der Waals surface area contributed by atoms with Gasteiger partial charge in [-0.25, -0.2) is 9.97 Å². The summed E-state index contributed by atoms with van der Waals surface area (Å²) in [6.07, 6.45) is 3.67. The van der Waals surface area contributed by atoms with E-state index >= 15 is 0 Å². The Bertz CT molecular complexity index is 3240. The van der Waals surface area contributed by atoms with Gasteiger partial charge in [0.1, 0.15) is 22.3 Å². The zero-order valence-corrected chi connectivity index (χ0v) is 30.1. The molecule has 0 atom stereocenters. The highest BCUT2D eigenvalue weighted by atomic mass is 16.3. The fourth-order valence-corrected chi connectivity index (χ4v) is 7.86. The quantitative estimate of drug-likeness (QED) is 0.171. The van der Waals surface area contributed by atoms with Gasteiger partial charge in [0.2, 0.25) is 0 Å². The molecule has 4 aromatic heterocycles. The van der Waals surface area contributed by atoms with Gasteiger partial charge < -0.3 is 8.83 Å². The van der Waals surface area contributed by atoms with Crippen LogP contribution >= 0.6 is 0 Å². The van der Waals surface area contributed by atoms with Crippen LogP contribution in [0.4, 0.5) is 0 Å². The molecule has 0 aliphatic rings. The molecule has 0 fully saturated rings. The first-order valence-electron chi connectivity index (χ1n) is 18.7. The second-order valence-electron chi connectivity index (χ2n) is 14.0. The van der Waals surface area contributed by atoms with E-state index < -0.39 is 0 Å². The van der Waals surface area contributed by atoms with Crippen molar-refractivity contribution in [2.45, 2.75) is 0 Å². The average Bonchev–Trinajstić information content (AvgIpc) is 3.85. The topological polar surface area (TPSA) is 65.0 Å². The molecule has 0 unspecified atom stereocenters. The second kappa shape index (κ2) is 13.0. The summed E-state index contributed by atoms with van der Waals surface area (Å²) in [5.74, 6) is 0.667. The molecule has 262 valence electrons. The molecule has 0 bridgehead atoms. The van der Waals surface area contributed by atoms with E-state index in [1.54, 1.807) is 6.20 Å². The number of aromatic nitrogens is 3. The van der Waals surface area contributed by atoms with E-state index in [0.29, 0.717) is 5.82 Å². The molecule has 0 saturated heterocycles. The Kier molecular flexibility index (Phi) is 7.42. The molecule has 11 rings (SSSR count). The van der Waals surface area contributed by atoms with Gasteiger partial charge in [0.05, 0.1) is 11.4 Å². The van der Waals surface area contributed by atoms with Crippen molar-refractivity contribution in [3.05, 3.63) is 188 Å². The zero-order valence-electron chi connectivity index (χ0n) is 30.1. The van der Waals surface area contributed by atoms with Crippen LogP contribution in [0.3, 0.4) is 0 Å². The standard InChI is InChI=1S/C51H31N3O2/c1-2-10-33(11-3-1)44-30-45(54-51(53-44)37-13-8-12-35(28-37)38-14-9-27-52-31-38)34-21-19-32(20-22-34)39-24-25-40(50-49(39)42-16-5-7-18-47(42)56-50)36-23-26-48-43(29-36)41-15-4-6-17-46(41)55-48/h1-31H. The molecule has 7 aromatic carbocycles. The Labute approximate surface area is 322 Å². The molecule has 0 amide bonds. The van der Waals surface area contributed by atoms with Crippen molar-refractivity contribution in [1.29, 1.82) is 0 Å². The monoisotopic (exact) mass is 717 g/mol. The van der Waals surface area contributed by atoms with Crippen molar-refractivity contribution in [3.63, 3.8) is 0 Å². The SMILES string of the molecule is c1ccc(-c2cc(-c3ccc(-c4ccc(-c5ccc6oc7ccccc7c6c5)c5oc6ccccc6c45)cc3)nc(-c3cccc(-c4cccnc4)c3)n2)cc1. The van der Waals surface area contributed by atoms with E-state index in [4.69, 9.17) is 18.8 Å². The summed E-state index contributed by atoms with van der Waals surface area (Å²) in [5.41, 5.74) is 14.6. The van der Waals surface area contributed by atoms with Gasteiger partial charge in [-0.1, -0.05) is 127 Å². The highest BCUT2D eigenvalue weighted by Crippen LogP contribution is 2.43. The van der Waals surface area contributed by atoms with Crippen LogP contribution in [0.25, 0.3) is 111 Å². The molecular weight excluding hydrogens is 687 g/mol. The molecular formula is C51H31N3O2. The summed E-state index contributed by atoms with van der Waals surface area (Å²) >= 11 is 0. The van der Waals surface area contributed by atoms with E-state index in [9.17, 15) is 0 Å². The van der Waals surface area contributed by atoms with Gasteiger partial charge in [-0.3, -0.25) is 4.98 Å². The lowest BCUT2D eigenvalue weighted by molar-refractivity contribution is 0.668. The van der Waals surface area contributed by atoms with E-state index in [1.807, 2.05) is 60.8 Å². The largest absolute Gasteiger partial charge is 0.456 e. The molecule has 5 heteroatoms. The van der Waals surface area contributed by atoms with Crippen molar-refractivity contribution >= 4 is 43.9 Å². The van der Waals surface area contributed by atoms with Crippen LogP contribution in [0.15, 0.2) is 197 Å². The van der Waals surface area contributed by atoms with Crippen LogP contribution < -0.4 is 0 Å². The predicted molar refractivity (Wildman–Crippen MR) is 227 cm³/mol. The van der Waals surface area contributed by atoms with Crippen molar-refractivity contribution in [3.8, 4) is 67.3 Å². The zero-order chi connectivity index (χ0) is 37.0. The third-order valence-electron chi connectivity index (χ3n) is 10.6. The maximum absolute atomic E-state index is 6.68. The molecule has 0 saturated carbocycles. The Morgan fingerprint density at radius 2 is 0.982 bits per heavy atom. The van der Waals surface area contributed by atoms with E-state index in [1.165, 1.54) is 0 Å². The summed E-state index contributed by atoms with van der Waals surface area (Å²) < 4.78 is 12.8. The number of furan rings is 2. The third-order valence-corrected chi connectivity index (χ3v) is 10.6. The lowest BCUT2D eigenvalue weighted by Crippen LogP contribution is -1.96. The number of nitrogens with zero attached hydrogens (tertiary/aromatic N) is 3. The minimum atomic E-state index is 0.667. The highest BCUT2D eigenvalue weighted by Gasteiger charge is 2.19. The number of hydrogen-bond acceptors (Lipinski definition) is 5. The molecule has 5 nitrogen and oxygen atoms in total. The van der Waals surface area contributed by atoms with Crippen molar-refractivity contribution in [2.24, 2.45) is 0 Å². The summed E-state index contributed by atoms with van der Waals surface area (Å²) in [4.78, 5) is 14.6. The molecule has 0 N–H and O–H groups in total. The van der Waals surface area contributed by atoms with Crippen molar-refractivity contribution in [1.82, 2.24) is 15.0 Å². The maximum atomic E-state index is 6.68. The van der Waals surface area contributed by atoms with Gasteiger partial charge in [0, 0.05) is 61.8 Å². The first-order chi connectivity index (χ1) is 27.7. The number of para-hydroxylation sites is 2. The van der Waals surface area contributed by atoms with Crippen LogP contribution in [0.2, 0.25) is 0 Å². The van der Waals surface area contributed by atoms with Crippen LogP contribution in [-0.2, 0) is 0 Å². The Morgan fingerprint density at radius 1 is 0.357 bits per heavy atom. The second-order valence-corrected chi connectivity index (χ2v) is 14.0. The molecule has 0 spiro atoms. The molecule has 11 aromatic rings. The van der Waals surface area contributed by atoms with Crippen LogP contribution in [0, 0.1) is 0 Å². The van der Waals surface area contributed by atoms with Gasteiger partial charge in [-0.05, 0) is 70.8 Å². The van der Waals surface area contributed by atoms with E-state index in [0.717, 1.165) is 105 Å². The number of rotatable bonds is 6. The average molecular weight is 718 g/mol. The van der Waals surface area contributed by atoms with Crippen molar-refractivity contribution < 1.29 is 8.83 Å². The minimum absolute atomic E-state index is 0.667. The van der Waals surface area contributed by atoms with Gasteiger partial charge in [-0.15, -0.1) is 0 Å². The van der Waals surface area contributed by atoms with Crippen molar-refractivity contribution in [2.75, 3.05) is 0 Å². The smallest absolute Gasteiger partial charge is 0.160 e. The molecule has 56 heavy (non-hydrogen) atoms. The summed E-state index contributed by atoms with van der Waals surface area (Å²) in [6, 6.07) is 60.7. The number of pyridine rings is 1. The lowest BCUT2D eigenvalue weighted by atomic mass is 9.93. The number of benzene rings is 7. The number of fused-ring (bicyclic) bond motifs is 6. The fourth-order valence-electron chi connectivity index (χ4n) is 7.86. The Morgan fingerprint density at radius 3 is 1.79 bits per heavy atom. The summed E-state index contributed by atoms with van der Waals surface area (Å²) in [6.45, 7) is 0. The third kappa shape index (κ3) is 5.45. The molecule has 4 heterocycles. The predicted octanol–water partition coefficient (Wildman–Crippen LogP) is 13.7. The first-order valence-corrected chi connectivity index (χ1v) is 18.7. The Balaban J connectivity index is 1.02. The summed E-state index contributed by atoms with van der Waals surface area (Å²) in [5, 5.41) is 4.37. The lowest BCUT2D eigenvalue weighted by Gasteiger charge is -2.12. The van der Waals surface area contributed by atoms with Crippen LogP contribution in [0.1, 0.15) is 0 Å². The van der Waals surface area contributed by atoms with Gasteiger partial charge >= 0.3 is 0 Å². The molecule has 0 aliphatic carbocycles. The van der Waals surface area contributed by atoms with Gasteiger partial charge in [0.15, 0.2) is 5.82 Å². The first kappa shape index (κ1) is 31.9. The Hall–Kier alpha value is -7.63. The fraction of sp³-hybridized carbons (Fsp3) is 0. The molecule has 0 aliphatic heterocycles. The molecule has 0 radical (unpaired) electrons. The number of hydrogen-bond donors (Lipinski definition) is 0. The van der Waals surface area contributed by atoms with Crippen LogP contribution in [-0.4, -0.2) is 15.0 Å². The van der Waals surface area contributed by atoms with Gasteiger partial charge in [0.25, 0.3) is 0 Å². The summed E-state index contributed by atoms with van der Waals surface area (Å²) in [7, 11) is 0. The van der Waals surface area contributed by atoms with E-state index in [-0.39, 0.29) is 0 Å². The van der Waals surface area contributed by atoms with Crippen LogP contribution in [0.5, 0.6) is 0 Å². The van der Waals surface area contributed by atoms with E-state index in [2.05, 4.69) is 126 Å². The normalized spacial score (nSPS) is 11.6. The maximum Gasteiger partial charge on any atom is 0.160 e. The minimum Gasteiger partial charge on any atom is -0.456 e. The van der Waals surface area contributed by atoms with Gasteiger partial charge in [-0.2, -0.15) is 0 Å². The highest BCUT2D eigenvalue weighted by molar-refractivity contribution is 6.17.